The van der Waals surface area contributed by atoms with Crippen molar-refractivity contribution in [3.63, 3.8) is 0 Å². The van der Waals surface area contributed by atoms with E-state index < -0.39 is 15.2 Å². The number of hydrogen-bond donors (Lipinski definition) is 2. The van der Waals surface area contributed by atoms with E-state index in [-0.39, 0.29) is 23.9 Å². The van der Waals surface area contributed by atoms with Crippen LogP contribution in [0.1, 0.15) is 46.4 Å². The molecule has 8 rings (SSSR count). The Bertz CT molecular complexity index is 2240. The van der Waals surface area contributed by atoms with Gasteiger partial charge in [0.15, 0.2) is 0 Å². The fourth-order valence-electron chi connectivity index (χ4n) is 8.19. The van der Waals surface area contributed by atoms with Crippen LogP contribution in [0.15, 0.2) is 200 Å². The van der Waals surface area contributed by atoms with Crippen molar-refractivity contribution in [2.45, 2.75) is 37.8 Å². The van der Waals surface area contributed by atoms with E-state index in [0.717, 1.165) is 36.3 Å². The number of amides is 2. The van der Waals surface area contributed by atoms with E-state index in [0.29, 0.717) is 11.1 Å². The molecule has 0 radical (unpaired) electrons. The SMILES string of the molecule is O=C(N[C@@H]1CCCC[C@H]1NC(=O)c1ccccc1[P+](c1ccccc1)(c1ccccc1)c1ccccc1)c1ccccc1P(c1ccccc1)c1ccccc1. The molecular formula is C50H45N2O2P2+. The molecule has 6 heteroatoms. The quantitative estimate of drug-likeness (QED) is 0.134. The molecule has 2 N–H and O–H groups in total. The normalized spacial score (nSPS) is 15.5. The van der Waals surface area contributed by atoms with Crippen LogP contribution in [0.3, 0.4) is 0 Å². The lowest BCUT2D eigenvalue weighted by atomic mass is 9.89. The van der Waals surface area contributed by atoms with Crippen LogP contribution in [0.25, 0.3) is 0 Å². The molecule has 0 saturated heterocycles. The van der Waals surface area contributed by atoms with Gasteiger partial charge in [0.05, 0.1) is 5.56 Å². The smallest absolute Gasteiger partial charge is 0.255 e. The van der Waals surface area contributed by atoms with E-state index in [1.807, 2.05) is 60.7 Å². The van der Waals surface area contributed by atoms with Gasteiger partial charge in [0.25, 0.3) is 11.8 Å². The minimum atomic E-state index is -2.52. The summed E-state index contributed by atoms with van der Waals surface area (Å²) in [5.41, 5.74) is 1.34. The third-order valence-electron chi connectivity index (χ3n) is 10.8. The Hall–Kier alpha value is -5.66. The number of carbonyl (C=O) groups is 2. The second kappa shape index (κ2) is 17.4. The molecule has 0 aliphatic heterocycles. The van der Waals surface area contributed by atoms with E-state index in [2.05, 4.69) is 150 Å². The van der Waals surface area contributed by atoms with Gasteiger partial charge in [-0.2, -0.15) is 0 Å². The van der Waals surface area contributed by atoms with Crippen molar-refractivity contribution in [1.29, 1.82) is 0 Å². The van der Waals surface area contributed by atoms with Crippen molar-refractivity contribution in [2.75, 3.05) is 0 Å². The van der Waals surface area contributed by atoms with Gasteiger partial charge in [-0.3, -0.25) is 9.59 Å². The van der Waals surface area contributed by atoms with E-state index in [1.165, 1.54) is 26.5 Å². The molecule has 0 unspecified atom stereocenters. The molecule has 2 amide bonds. The van der Waals surface area contributed by atoms with E-state index in [4.69, 9.17) is 0 Å². The Kier molecular flexibility index (Phi) is 11.6. The maximum atomic E-state index is 14.8. The van der Waals surface area contributed by atoms with Crippen LogP contribution < -0.4 is 47.8 Å². The van der Waals surface area contributed by atoms with Crippen LogP contribution in [0, 0.1) is 0 Å². The minimum absolute atomic E-state index is 0.103. The molecule has 56 heavy (non-hydrogen) atoms. The summed E-state index contributed by atoms with van der Waals surface area (Å²) in [7, 11) is -3.50. The maximum Gasteiger partial charge on any atom is 0.255 e. The highest BCUT2D eigenvalue weighted by atomic mass is 31.2. The van der Waals surface area contributed by atoms with Crippen molar-refractivity contribution in [1.82, 2.24) is 10.6 Å². The van der Waals surface area contributed by atoms with Crippen molar-refractivity contribution >= 4 is 64.1 Å². The average molecular weight is 768 g/mol. The predicted molar refractivity (Wildman–Crippen MR) is 237 cm³/mol. The first-order chi connectivity index (χ1) is 27.6. The van der Waals surface area contributed by atoms with Gasteiger partial charge in [0, 0.05) is 17.6 Å². The second-order valence-corrected chi connectivity index (χ2v) is 19.7. The predicted octanol–water partition coefficient (Wildman–Crippen LogP) is 7.54. The summed E-state index contributed by atoms with van der Waals surface area (Å²) < 4.78 is 0. The molecule has 1 aliphatic rings. The summed E-state index contributed by atoms with van der Waals surface area (Å²) in [6, 6.07) is 68.6. The highest BCUT2D eigenvalue weighted by Gasteiger charge is 2.50. The number of rotatable bonds is 11. The molecule has 7 aromatic carbocycles. The molecule has 7 aromatic rings. The van der Waals surface area contributed by atoms with Gasteiger partial charge in [0.1, 0.15) is 28.5 Å². The molecule has 276 valence electrons. The molecular weight excluding hydrogens is 723 g/mol. The van der Waals surface area contributed by atoms with Crippen LogP contribution in [0.5, 0.6) is 0 Å². The van der Waals surface area contributed by atoms with Crippen LogP contribution in [0.2, 0.25) is 0 Å². The third-order valence-corrected chi connectivity index (χ3v) is 17.6. The molecule has 0 spiro atoms. The van der Waals surface area contributed by atoms with Crippen molar-refractivity contribution in [3.8, 4) is 0 Å². The fraction of sp³-hybridized carbons (Fsp3) is 0.120. The highest BCUT2D eigenvalue weighted by Crippen LogP contribution is 2.55. The maximum absolute atomic E-state index is 14.8. The second-order valence-electron chi connectivity index (χ2n) is 14.2. The first-order valence-electron chi connectivity index (χ1n) is 19.4. The zero-order chi connectivity index (χ0) is 38.2. The van der Waals surface area contributed by atoms with Gasteiger partial charge in [-0.15, -0.1) is 0 Å². The molecule has 2 atom stereocenters. The number of hydrogen-bond acceptors (Lipinski definition) is 2. The molecule has 0 aromatic heterocycles. The van der Waals surface area contributed by atoms with E-state index >= 15 is 0 Å². The number of benzene rings is 7. The van der Waals surface area contributed by atoms with Gasteiger partial charge in [-0.1, -0.05) is 158 Å². The van der Waals surface area contributed by atoms with Gasteiger partial charge in [-0.05, 0) is 91.3 Å². The highest BCUT2D eigenvalue weighted by molar-refractivity contribution is 8.01. The summed E-state index contributed by atoms with van der Waals surface area (Å²) in [5.74, 6) is -0.218. The first-order valence-corrected chi connectivity index (χ1v) is 22.5. The molecule has 1 aliphatic carbocycles. The van der Waals surface area contributed by atoms with Crippen LogP contribution in [0.4, 0.5) is 0 Å². The Morgan fingerprint density at radius 1 is 0.429 bits per heavy atom. The summed E-state index contributed by atoms with van der Waals surface area (Å²) in [6.45, 7) is 0. The van der Waals surface area contributed by atoms with Crippen LogP contribution in [-0.4, -0.2) is 23.9 Å². The zero-order valence-corrected chi connectivity index (χ0v) is 33.0. The van der Waals surface area contributed by atoms with Crippen molar-refractivity contribution < 1.29 is 9.59 Å². The molecule has 1 fully saturated rings. The number of carbonyl (C=O) groups excluding carboxylic acids is 2. The average Bonchev–Trinajstić information content (AvgIpc) is 3.27. The molecule has 0 bridgehead atoms. The molecule has 4 nitrogen and oxygen atoms in total. The zero-order valence-electron chi connectivity index (χ0n) is 31.2. The van der Waals surface area contributed by atoms with Gasteiger partial charge in [0.2, 0.25) is 0 Å². The lowest BCUT2D eigenvalue weighted by Crippen LogP contribution is -2.54. The van der Waals surface area contributed by atoms with E-state index in [1.54, 1.807) is 0 Å². The minimum Gasteiger partial charge on any atom is -0.347 e. The Morgan fingerprint density at radius 2 is 0.786 bits per heavy atom. The Balaban J connectivity index is 1.13. The lowest BCUT2D eigenvalue weighted by Gasteiger charge is -2.34. The summed E-state index contributed by atoms with van der Waals surface area (Å²) >= 11 is 0. The van der Waals surface area contributed by atoms with Gasteiger partial charge >= 0.3 is 0 Å². The van der Waals surface area contributed by atoms with Gasteiger partial charge < -0.3 is 10.6 Å². The third kappa shape index (κ3) is 7.61. The standard InChI is InChI=1S/C50H44N2O2P2/c53-49(43-32-16-20-36-47(43)55(38-22-6-1-7-23-38)39-24-8-2-9-25-39)51-45-34-18-19-35-46(45)52-50(54)44-33-17-21-37-48(44)56(40-26-10-3-11-27-40,41-28-12-4-13-29-41)42-30-14-5-15-31-42/h1-17,20-33,36-37,45-46H,18-19,34-35H2,(H-,51,52,53,54)/p+1/t45-,46-/m1/s1. The lowest BCUT2D eigenvalue weighted by molar-refractivity contribution is 0.0864. The Labute approximate surface area is 332 Å². The summed E-state index contributed by atoms with van der Waals surface area (Å²) in [4.78, 5) is 29.3. The largest absolute Gasteiger partial charge is 0.347 e. The Morgan fingerprint density at radius 3 is 1.25 bits per heavy atom. The van der Waals surface area contributed by atoms with Crippen molar-refractivity contribution in [2.24, 2.45) is 0 Å². The van der Waals surface area contributed by atoms with Crippen LogP contribution >= 0.6 is 15.2 Å². The van der Waals surface area contributed by atoms with Crippen molar-refractivity contribution in [3.05, 3.63) is 211 Å². The fourth-order valence-corrected chi connectivity index (χ4v) is 15.1. The molecule has 1 saturated carbocycles. The monoisotopic (exact) mass is 767 g/mol. The summed E-state index contributed by atoms with van der Waals surface area (Å²) in [5, 5.41) is 14.9. The van der Waals surface area contributed by atoms with Gasteiger partial charge in [-0.25, -0.2) is 0 Å². The number of nitrogens with one attached hydrogen (secondary N) is 2. The van der Waals surface area contributed by atoms with E-state index in [9.17, 15) is 9.59 Å². The van der Waals surface area contributed by atoms with Crippen LogP contribution in [-0.2, 0) is 0 Å². The summed E-state index contributed by atoms with van der Waals surface area (Å²) in [6.07, 6.45) is 3.55. The first kappa shape index (κ1) is 37.3. The molecule has 0 heterocycles. The topological polar surface area (TPSA) is 58.2 Å².